The number of carbonyl (C=O) groups is 2. The minimum Gasteiger partial charge on any atom is -0.502 e. The lowest BCUT2D eigenvalue weighted by Gasteiger charge is -2.42. The van der Waals surface area contributed by atoms with Crippen LogP contribution in [0.2, 0.25) is 0 Å². The Bertz CT molecular complexity index is 1530. The number of allylic oxidation sites excluding steroid dienone is 2. The first-order valence-corrected chi connectivity index (χ1v) is 15.8. The average molecular weight is 770 g/mol. The molecule has 1 aromatic carbocycles. The summed E-state index contributed by atoms with van der Waals surface area (Å²) in [6.07, 6.45) is -4.91. The van der Waals surface area contributed by atoms with E-state index in [1.807, 2.05) is 0 Å². The predicted molar refractivity (Wildman–Crippen MR) is 155 cm³/mol. The first-order valence-electron chi connectivity index (χ1n) is 15.8. The molecule has 0 aromatic heterocycles. The maximum atomic E-state index is 15.4. The topological polar surface area (TPSA) is 76.1 Å². The zero-order valence-corrected chi connectivity index (χ0v) is 26.9. The molecular weight excluding hydrogens is 737 g/mol. The highest BCUT2D eigenvalue weighted by Gasteiger charge is 2.91. The van der Waals surface area contributed by atoms with Crippen LogP contribution in [0.4, 0.5) is 57.1 Å². The number of ether oxygens (including phenoxy) is 2. The van der Waals surface area contributed by atoms with Crippen LogP contribution in [-0.2, 0) is 19.1 Å². The Morgan fingerprint density at radius 1 is 0.769 bits per heavy atom. The maximum absolute atomic E-state index is 15.4. The van der Waals surface area contributed by atoms with Gasteiger partial charge in [-0.15, -0.1) is 0 Å². The van der Waals surface area contributed by atoms with Crippen LogP contribution in [0.1, 0.15) is 25.3 Å². The second-order valence-electron chi connectivity index (χ2n) is 12.5. The molecule has 7 atom stereocenters. The van der Waals surface area contributed by atoms with Crippen LogP contribution in [0.25, 0.3) is 6.08 Å². The van der Waals surface area contributed by atoms with E-state index < -0.39 is 109 Å². The van der Waals surface area contributed by atoms with Gasteiger partial charge in [0.2, 0.25) is 11.8 Å². The number of likely N-dealkylation sites (tertiary alicyclic amines) is 1. The second kappa shape index (κ2) is 14.7. The summed E-state index contributed by atoms with van der Waals surface area (Å²) in [5.74, 6) is -47.6. The number of nitrogens with zero attached hydrogens (tertiary/aromatic N) is 1. The normalized spacial score (nSPS) is 28.3. The standard InChI is InChI=1S/C33H32F13NO5/c1-2-51-15-12-20-16-19(17-21(20)28(34,35)29(36,37)30(38,39)31(40,41)32(42,43)33(44,45)46)9-11-23-25-24(26(49)47(13-14-48)27(25)50)22(52-23)10-8-18-6-4-3-5-7-18/h3-12,15,19-25,48H,2,13-14,16-17H2,1H3/b10-8-,11-9+,15-12-/t19?,20?,21?,22?,23?,24-,25+/m0/s1. The summed E-state index contributed by atoms with van der Waals surface area (Å²) >= 11 is 0. The van der Waals surface area contributed by atoms with Crippen molar-refractivity contribution in [1.29, 1.82) is 0 Å². The fourth-order valence-corrected chi connectivity index (χ4v) is 6.67. The SMILES string of the molecule is CCO/C=C\C1CC(/C=C/C2OC(/C=C\c3ccccc3)[C@@H]3C(=O)N(CCO)C(=O)[C@H]23)CC1C(F)(F)C(F)(F)C(F)(F)C(F)(F)C(F)(F)C(F)(F)F. The number of rotatable bonds is 14. The number of imide groups is 1. The minimum atomic E-state index is -8.02. The highest BCUT2D eigenvalue weighted by atomic mass is 19.4. The third-order valence-corrected chi connectivity index (χ3v) is 9.35. The average Bonchev–Trinajstić information content (AvgIpc) is 3.72. The molecule has 52 heavy (non-hydrogen) atoms. The summed E-state index contributed by atoms with van der Waals surface area (Å²) in [6.45, 7) is 0.348. The molecule has 2 heterocycles. The first kappa shape index (κ1) is 41.2. The molecule has 2 aliphatic heterocycles. The summed E-state index contributed by atoms with van der Waals surface area (Å²) in [5, 5.41) is 9.37. The second-order valence-corrected chi connectivity index (χ2v) is 12.5. The fourth-order valence-electron chi connectivity index (χ4n) is 6.67. The monoisotopic (exact) mass is 769 g/mol. The van der Waals surface area contributed by atoms with Crippen molar-refractivity contribution in [2.75, 3.05) is 19.8 Å². The smallest absolute Gasteiger partial charge is 0.460 e. The van der Waals surface area contributed by atoms with Crippen molar-refractivity contribution in [2.45, 2.75) is 67.8 Å². The van der Waals surface area contributed by atoms with Gasteiger partial charge in [-0.25, -0.2) is 0 Å². The summed E-state index contributed by atoms with van der Waals surface area (Å²) in [4.78, 5) is 27.2. The number of hydrogen-bond donors (Lipinski definition) is 1. The lowest BCUT2D eigenvalue weighted by atomic mass is 9.82. The van der Waals surface area contributed by atoms with Crippen LogP contribution in [0.5, 0.6) is 0 Å². The van der Waals surface area contributed by atoms with Crippen LogP contribution >= 0.6 is 0 Å². The van der Waals surface area contributed by atoms with E-state index in [9.17, 15) is 63.0 Å². The fraction of sp³-hybridized carbons (Fsp3) is 0.576. The number of benzene rings is 1. The molecule has 2 amide bonds. The quantitative estimate of drug-likeness (QED) is 0.0917. The van der Waals surface area contributed by atoms with Crippen LogP contribution in [-0.4, -0.2) is 89.6 Å². The van der Waals surface area contributed by atoms with Gasteiger partial charge in [0.05, 0.1) is 50.1 Å². The molecule has 0 radical (unpaired) electrons. The van der Waals surface area contributed by atoms with Gasteiger partial charge in [0.15, 0.2) is 0 Å². The van der Waals surface area contributed by atoms with E-state index in [-0.39, 0.29) is 13.2 Å². The van der Waals surface area contributed by atoms with Crippen molar-refractivity contribution in [1.82, 2.24) is 4.90 Å². The number of aliphatic hydroxyl groups excluding tert-OH is 1. The Morgan fingerprint density at radius 2 is 1.33 bits per heavy atom. The van der Waals surface area contributed by atoms with E-state index in [1.165, 1.54) is 13.0 Å². The minimum absolute atomic E-state index is 0.109. The van der Waals surface area contributed by atoms with Crippen LogP contribution < -0.4 is 0 Å². The Labute approximate surface area is 287 Å². The predicted octanol–water partition coefficient (Wildman–Crippen LogP) is 7.55. The molecule has 5 unspecified atom stereocenters. The number of halogens is 13. The lowest BCUT2D eigenvalue weighted by Crippen LogP contribution is -2.71. The maximum Gasteiger partial charge on any atom is 0.460 e. The Balaban J connectivity index is 1.65. The Kier molecular flexibility index (Phi) is 11.6. The van der Waals surface area contributed by atoms with Gasteiger partial charge in [-0.3, -0.25) is 14.5 Å². The van der Waals surface area contributed by atoms with E-state index in [1.54, 1.807) is 36.4 Å². The zero-order chi connectivity index (χ0) is 39.1. The molecule has 19 heteroatoms. The molecule has 2 saturated heterocycles. The molecule has 1 aliphatic carbocycles. The Hall–Kier alpha value is -3.61. The van der Waals surface area contributed by atoms with Crippen molar-refractivity contribution in [3.8, 4) is 0 Å². The number of aliphatic hydroxyl groups is 1. The zero-order valence-electron chi connectivity index (χ0n) is 26.9. The van der Waals surface area contributed by atoms with Crippen molar-refractivity contribution < 1.29 is 81.2 Å². The van der Waals surface area contributed by atoms with Gasteiger partial charge in [-0.1, -0.05) is 54.6 Å². The van der Waals surface area contributed by atoms with Gasteiger partial charge in [-0.05, 0) is 43.2 Å². The first-order chi connectivity index (χ1) is 24.0. The summed E-state index contributed by atoms with van der Waals surface area (Å²) < 4.78 is 193. The third kappa shape index (κ3) is 6.94. The van der Waals surface area contributed by atoms with E-state index in [0.717, 1.165) is 23.3 Å². The number of carbonyl (C=O) groups excluding carboxylic acids is 2. The molecule has 1 aromatic rings. The number of amides is 2. The highest BCUT2D eigenvalue weighted by Crippen LogP contribution is 2.63. The van der Waals surface area contributed by atoms with Crippen LogP contribution in [0, 0.1) is 29.6 Å². The largest absolute Gasteiger partial charge is 0.502 e. The van der Waals surface area contributed by atoms with E-state index in [0.29, 0.717) is 11.6 Å². The molecule has 6 nitrogen and oxygen atoms in total. The summed E-state index contributed by atoms with van der Waals surface area (Å²) in [6, 6.07) is 8.59. The number of hydrogen-bond acceptors (Lipinski definition) is 5. The van der Waals surface area contributed by atoms with E-state index >= 15 is 8.78 Å². The van der Waals surface area contributed by atoms with Crippen molar-refractivity contribution >= 4 is 17.9 Å². The molecular formula is C33H32F13NO5. The molecule has 1 saturated carbocycles. The molecule has 290 valence electrons. The van der Waals surface area contributed by atoms with Gasteiger partial charge >= 0.3 is 35.8 Å². The van der Waals surface area contributed by atoms with Crippen molar-refractivity contribution in [3.05, 3.63) is 66.5 Å². The molecule has 1 N–H and O–H groups in total. The lowest BCUT2D eigenvalue weighted by molar-refractivity contribution is -0.443. The molecule has 4 rings (SSSR count). The van der Waals surface area contributed by atoms with Gasteiger partial charge in [-0.2, -0.15) is 57.1 Å². The van der Waals surface area contributed by atoms with Crippen molar-refractivity contribution in [3.63, 3.8) is 0 Å². The van der Waals surface area contributed by atoms with Gasteiger partial charge in [0, 0.05) is 5.92 Å². The number of fused-ring (bicyclic) bond motifs is 1. The highest BCUT2D eigenvalue weighted by molar-refractivity contribution is 6.06. The number of alkyl halides is 13. The summed E-state index contributed by atoms with van der Waals surface area (Å²) in [7, 11) is 0. The van der Waals surface area contributed by atoms with Crippen molar-refractivity contribution in [2.24, 2.45) is 29.6 Å². The van der Waals surface area contributed by atoms with Gasteiger partial charge < -0.3 is 14.6 Å². The molecule has 3 fully saturated rings. The molecule has 0 spiro atoms. The van der Waals surface area contributed by atoms with Gasteiger partial charge in [0.1, 0.15) is 0 Å². The van der Waals surface area contributed by atoms with Crippen LogP contribution in [0.15, 0.2) is 60.9 Å². The van der Waals surface area contributed by atoms with Gasteiger partial charge in [0.25, 0.3) is 0 Å². The summed E-state index contributed by atoms with van der Waals surface area (Å²) in [5.41, 5.74) is 0.678. The third-order valence-electron chi connectivity index (χ3n) is 9.35. The number of β-amino-alcohol motifs (C(OH)–C–C–N with tert-alkyl or cyclic N) is 1. The Morgan fingerprint density at radius 3 is 1.87 bits per heavy atom. The van der Waals surface area contributed by atoms with Crippen LogP contribution in [0.3, 0.4) is 0 Å². The molecule has 0 bridgehead atoms. The van der Waals surface area contributed by atoms with E-state index in [4.69, 9.17) is 9.47 Å². The molecule has 3 aliphatic rings. The van der Waals surface area contributed by atoms with E-state index in [2.05, 4.69) is 0 Å².